The summed E-state index contributed by atoms with van der Waals surface area (Å²) in [6.07, 6.45) is -0.475. The minimum Gasteiger partial charge on any atom is -0.481 e. The van der Waals surface area contributed by atoms with Gasteiger partial charge in [0.25, 0.3) is 0 Å². The first kappa shape index (κ1) is 15.4. The molecule has 0 rings (SSSR count). The number of carboxylic acids is 2. The first-order valence-corrected chi connectivity index (χ1v) is 5.16. The van der Waals surface area contributed by atoms with E-state index < -0.39 is 29.3 Å². The van der Waals surface area contributed by atoms with Crippen LogP contribution in [-0.2, 0) is 14.4 Å². The number of nitrogens with one attached hydrogen (secondary N) is 1. The topological polar surface area (TPSA) is 130 Å². The van der Waals surface area contributed by atoms with Crippen molar-refractivity contribution in [3.63, 3.8) is 0 Å². The van der Waals surface area contributed by atoms with Gasteiger partial charge in [0.05, 0.1) is 5.41 Å². The Morgan fingerprint density at radius 1 is 1.29 bits per heavy atom. The molecule has 0 radical (unpaired) electrons. The molecule has 0 fully saturated rings. The molecule has 0 saturated heterocycles. The van der Waals surface area contributed by atoms with Gasteiger partial charge in [0.2, 0.25) is 5.91 Å². The largest absolute Gasteiger partial charge is 0.481 e. The predicted octanol–water partition coefficient (Wildman–Crippen LogP) is -0.594. The van der Waals surface area contributed by atoms with Gasteiger partial charge in [-0.15, -0.1) is 0 Å². The van der Waals surface area contributed by atoms with Gasteiger partial charge in [-0.25, -0.2) is 4.79 Å². The smallest absolute Gasteiger partial charge is 0.326 e. The van der Waals surface area contributed by atoms with Crippen LogP contribution in [-0.4, -0.2) is 40.6 Å². The number of carbonyl (C=O) groups is 3. The zero-order chi connectivity index (χ0) is 13.6. The molecule has 0 aliphatic carbocycles. The van der Waals surface area contributed by atoms with Crippen molar-refractivity contribution >= 4 is 17.8 Å². The summed E-state index contributed by atoms with van der Waals surface area (Å²) in [5, 5.41) is 19.6. The third-order valence-corrected chi connectivity index (χ3v) is 2.38. The highest BCUT2D eigenvalue weighted by atomic mass is 16.4. The average molecular weight is 246 g/mol. The fraction of sp³-hybridized carbons (Fsp3) is 0.700. The molecular weight excluding hydrogens is 228 g/mol. The van der Waals surface area contributed by atoms with Crippen LogP contribution in [0.4, 0.5) is 0 Å². The van der Waals surface area contributed by atoms with Gasteiger partial charge in [0.15, 0.2) is 0 Å². The highest BCUT2D eigenvalue weighted by Gasteiger charge is 2.30. The summed E-state index contributed by atoms with van der Waals surface area (Å²) < 4.78 is 0. The zero-order valence-corrected chi connectivity index (χ0v) is 9.90. The van der Waals surface area contributed by atoms with Crippen LogP contribution in [0, 0.1) is 5.41 Å². The molecule has 0 aliphatic heterocycles. The summed E-state index contributed by atoms with van der Waals surface area (Å²) in [5.41, 5.74) is 4.50. The molecule has 5 N–H and O–H groups in total. The number of hydrogen-bond donors (Lipinski definition) is 4. The Labute approximate surface area is 99.0 Å². The van der Waals surface area contributed by atoms with E-state index in [9.17, 15) is 14.4 Å². The van der Waals surface area contributed by atoms with E-state index in [0.29, 0.717) is 0 Å². The van der Waals surface area contributed by atoms with Crippen molar-refractivity contribution in [2.24, 2.45) is 11.1 Å². The van der Waals surface area contributed by atoms with Gasteiger partial charge in [0, 0.05) is 13.0 Å². The first-order valence-electron chi connectivity index (χ1n) is 5.16. The number of aliphatic carboxylic acids is 2. The molecule has 1 atom stereocenters. The molecule has 0 bridgehead atoms. The second-order valence-corrected chi connectivity index (χ2v) is 4.38. The van der Waals surface area contributed by atoms with E-state index in [1.807, 2.05) is 0 Å². The van der Waals surface area contributed by atoms with Gasteiger partial charge in [-0.1, -0.05) is 0 Å². The predicted molar refractivity (Wildman–Crippen MR) is 59.3 cm³/mol. The Morgan fingerprint density at radius 2 is 1.82 bits per heavy atom. The quantitative estimate of drug-likeness (QED) is 0.475. The van der Waals surface area contributed by atoms with Crippen molar-refractivity contribution in [1.82, 2.24) is 5.32 Å². The van der Waals surface area contributed by atoms with E-state index >= 15 is 0 Å². The molecule has 0 aromatic carbocycles. The minimum absolute atomic E-state index is 0.0735. The van der Waals surface area contributed by atoms with E-state index in [1.165, 1.54) is 0 Å². The molecule has 7 heteroatoms. The highest BCUT2D eigenvalue weighted by molar-refractivity contribution is 5.87. The Kier molecular flexibility index (Phi) is 5.60. The summed E-state index contributed by atoms with van der Waals surface area (Å²) in [7, 11) is 0. The van der Waals surface area contributed by atoms with Crippen LogP contribution >= 0.6 is 0 Å². The van der Waals surface area contributed by atoms with Crippen LogP contribution in [0.25, 0.3) is 0 Å². The Balaban J connectivity index is 4.50. The second kappa shape index (κ2) is 6.19. The SMILES string of the molecule is CC(C)(CN)C(=O)NC(CCC(=O)O)C(=O)O. The number of carbonyl (C=O) groups excluding carboxylic acids is 1. The van der Waals surface area contributed by atoms with Gasteiger partial charge in [-0.3, -0.25) is 9.59 Å². The number of carboxylic acid groups (broad SMARTS) is 2. The number of amides is 1. The summed E-state index contributed by atoms with van der Waals surface area (Å²) in [5.74, 6) is -2.87. The van der Waals surface area contributed by atoms with E-state index in [2.05, 4.69) is 5.32 Å². The highest BCUT2D eigenvalue weighted by Crippen LogP contribution is 2.13. The molecule has 0 aromatic rings. The van der Waals surface area contributed by atoms with Crippen LogP contribution in [0.3, 0.4) is 0 Å². The first-order chi connectivity index (χ1) is 7.70. The lowest BCUT2D eigenvalue weighted by molar-refractivity contribution is -0.144. The van der Waals surface area contributed by atoms with Crippen molar-refractivity contribution in [2.75, 3.05) is 6.54 Å². The summed E-state index contributed by atoms with van der Waals surface area (Å²) in [4.78, 5) is 32.8. The molecule has 0 aliphatic rings. The van der Waals surface area contributed by atoms with E-state index in [-0.39, 0.29) is 19.4 Å². The standard InChI is InChI=1S/C10H18N2O5/c1-10(2,5-11)9(17)12-6(8(15)16)3-4-7(13)14/h6H,3-5,11H2,1-2H3,(H,12,17)(H,13,14)(H,15,16). The molecule has 98 valence electrons. The number of hydrogen-bond acceptors (Lipinski definition) is 4. The molecule has 0 saturated carbocycles. The summed E-state index contributed by atoms with van der Waals surface area (Å²) in [6.45, 7) is 3.24. The molecule has 1 amide bonds. The number of nitrogens with two attached hydrogens (primary N) is 1. The van der Waals surface area contributed by atoms with Crippen molar-refractivity contribution in [1.29, 1.82) is 0 Å². The maximum atomic E-state index is 11.7. The van der Waals surface area contributed by atoms with Crippen molar-refractivity contribution in [3.8, 4) is 0 Å². The fourth-order valence-electron chi connectivity index (χ4n) is 0.972. The van der Waals surface area contributed by atoms with Gasteiger partial charge in [-0.2, -0.15) is 0 Å². The van der Waals surface area contributed by atoms with Crippen LogP contribution in [0.1, 0.15) is 26.7 Å². The molecule has 7 nitrogen and oxygen atoms in total. The summed E-state index contributed by atoms with van der Waals surface area (Å²) in [6, 6.07) is -1.20. The molecular formula is C10H18N2O5. The molecule has 1 unspecified atom stereocenters. The van der Waals surface area contributed by atoms with E-state index in [0.717, 1.165) is 0 Å². The average Bonchev–Trinajstić information content (AvgIpc) is 2.22. The Hall–Kier alpha value is -1.63. The Bertz CT molecular complexity index is 314. The van der Waals surface area contributed by atoms with Gasteiger partial charge in [0.1, 0.15) is 6.04 Å². The maximum Gasteiger partial charge on any atom is 0.326 e. The Morgan fingerprint density at radius 3 is 2.18 bits per heavy atom. The van der Waals surface area contributed by atoms with Crippen LogP contribution < -0.4 is 11.1 Å². The molecule has 17 heavy (non-hydrogen) atoms. The lowest BCUT2D eigenvalue weighted by atomic mass is 9.92. The normalized spacial score (nSPS) is 12.9. The van der Waals surface area contributed by atoms with Crippen molar-refractivity contribution < 1.29 is 24.6 Å². The molecule has 0 aromatic heterocycles. The maximum absolute atomic E-state index is 11.7. The van der Waals surface area contributed by atoms with E-state index in [4.69, 9.17) is 15.9 Å². The minimum atomic E-state index is -1.26. The van der Waals surface area contributed by atoms with Crippen LogP contribution in [0.2, 0.25) is 0 Å². The lowest BCUT2D eigenvalue weighted by Crippen LogP contribution is -2.49. The third-order valence-electron chi connectivity index (χ3n) is 2.38. The van der Waals surface area contributed by atoms with Crippen LogP contribution in [0.5, 0.6) is 0 Å². The van der Waals surface area contributed by atoms with Crippen molar-refractivity contribution in [3.05, 3.63) is 0 Å². The monoisotopic (exact) mass is 246 g/mol. The molecule has 0 spiro atoms. The van der Waals surface area contributed by atoms with Crippen LogP contribution in [0.15, 0.2) is 0 Å². The fourth-order valence-corrected chi connectivity index (χ4v) is 0.972. The van der Waals surface area contributed by atoms with Gasteiger partial charge < -0.3 is 21.3 Å². The van der Waals surface area contributed by atoms with E-state index in [1.54, 1.807) is 13.8 Å². The molecule has 0 heterocycles. The van der Waals surface area contributed by atoms with Gasteiger partial charge in [-0.05, 0) is 20.3 Å². The van der Waals surface area contributed by atoms with Crippen molar-refractivity contribution in [2.45, 2.75) is 32.7 Å². The second-order valence-electron chi connectivity index (χ2n) is 4.38. The van der Waals surface area contributed by atoms with Gasteiger partial charge >= 0.3 is 11.9 Å². The lowest BCUT2D eigenvalue weighted by Gasteiger charge is -2.24. The summed E-state index contributed by atoms with van der Waals surface area (Å²) >= 11 is 0. The number of rotatable bonds is 7. The third kappa shape index (κ3) is 5.30. The zero-order valence-electron chi connectivity index (χ0n) is 9.90.